The summed E-state index contributed by atoms with van der Waals surface area (Å²) in [7, 11) is 0. The van der Waals surface area contributed by atoms with Crippen LogP contribution in [0.1, 0.15) is 32.3 Å². The van der Waals surface area contributed by atoms with Crippen LogP contribution in [0.2, 0.25) is 0 Å². The van der Waals surface area contributed by atoms with Crippen LogP contribution in [0.15, 0.2) is 24.3 Å². The average Bonchev–Trinajstić information content (AvgIpc) is 2.41. The highest BCUT2D eigenvalue weighted by atomic mass is 19.1. The Hall–Kier alpha value is -1.62. The van der Waals surface area contributed by atoms with Crippen LogP contribution in [-0.2, 0) is 6.42 Å². The van der Waals surface area contributed by atoms with Gasteiger partial charge in [-0.15, -0.1) is 0 Å². The van der Waals surface area contributed by atoms with Crippen LogP contribution in [0, 0.1) is 5.82 Å². The Bertz CT molecular complexity index is 440. The van der Waals surface area contributed by atoms with Crippen molar-refractivity contribution in [2.45, 2.75) is 38.6 Å². The lowest BCUT2D eigenvalue weighted by atomic mass is 9.95. The number of nitrogens with one attached hydrogen (secondary N) is 2. The standard InChI is InChI=1S/C15H23FN2O2/c1-3-15(2,9-11-19)18-14(20)17-10-8-12-6-4-5-7-13(12)16/h4-7,19H,3,8-11H2,1-2H3,(H2,17,18,20). The van der Waals surface area contributed by atoms with Gasteiger partial charge in [0.2, 0.25) is 0 Å². The van der Waals surface area contributed by atoms with E-state index in [-0.39, 0.29) is 18.5 Å². The molecule has 0 saturated heterocycles. The van der Waals surface area contributed by atoms with E-state index >= 15 is 0 Å². The summed E-state index contributed by atoms with van der Waals surface area (Å²) in [5.74, 6) is -0.256. The second-order valence-corrected chi connectivity index (χ2v) is 5.11. The minimum Gasteiger partial charge on any atom is -0.396 e. The highest BCUT2D eigenvalue weighted by Gasteiger charge is 2.23. The number of carbonyl (C=O) groups is 1. The smallest absolute Gasteiger partial charge is 0.315 e. The van der Waals surface area contributed by atoms with E-state index in [2.05, 4.69) is 10.6 Å². The number of rotatable bonds is 7. The van der Waals surface area contributed by atoms with E-state index in [0.717, 1.165) is 6.42 Å². The van der Waals surface area contributed by atoms with Crippen LogP contribution < -0.4 is 10.6 Å². The zero-order valence-corrected chi connectivity index (χ0v) is 12.1. The average molecular weight is 282 g/mol. The number of urea groups is 1. The first-order chi connectivity index (χ1) is 9.50. The summed E-state index contributed by atoms with van der Waals surface area (Å²) in [5.41, 5.74) is 0.165. The number of halogens is 1. The first-order valence-corrected chi connectivity index (χ1v) is 6.91. The molecule has 0 spiro atoms. The fourth-order valence-corrected chi connectivity index (χ4v) is 1.90. The summed E-state index contributed by atoms with van der Waals surface area (Å²) < 4.78 is 13.4. The molecule has 3 N–H and O–H groups in total. The minimum atomic E-state index is -0.420. The van der Waals surface area contributed by atoms with Gasteiger partial charge in [-0.1, -0.05) is 25.1 Å². The van der Waals surface area contributed by atoms with Gasteiger partial charge in [-0.3, -0.25) is 0 Å². The van der Waals surface area contributed by atoms with Gasteiger partial charge in [0.25, 0.3) is 0 Å². The third-order valence-corrected chi connectivity index (χ3v) is 3.50. The summed E-state index contributed by atoms with van der Waals surface area (Å²) in [6.07, 6.45) is 1.68. The predicted molar refractivity (Wildman–Crippen MR) is 77.0 cm³/mol. The maximum absolute atomic E-state index is 13.4. The Kier molecular flexibility index (Phi) is 6.45. The van der Waals surface area contributed by atoms with Crippen molar-refractivity contribution >= 4 is 6.03 Å². The van der Waals surface area contributed by atoms with E-state index in [4.69, 9.17) is 5.11 Å². The second-order valence-electron chi connectivity index (χ2n) is 5.11. The van der Waals surface area contributed by atoms with Crippen LogP contribution in [0.4, 0.5) is 9.18 Å². The first kappa shape index (κ1) is 16.4. The van der Waals surface area contributed by atoms with Gasteiger partial charge < -0.3 is 15.7 Å². The van der Waals surface area contributed by atoms with E-state index < -0.39 is 5.54 Å². The Morgan fingerprint density at radius 3 is 2.70 bits per heavy atom. The maximum atomic E-state index is 13.4. The quantitative estimate of drug-likeness (QED) is 0.718. The van der Waals surface area contributed by atoms with Crippen molar-refractivity contribution < 1.29 is 14.3 Å². The maximum Gasteiger partial charge on any atom is 0.315 e. The molecule has 0 saturated carbocycles. The molecule has 0 fully saturated rings. The summed E-state index contributed by atoms with van der Waals surface area (Å²) >= 11 is 0. The molecule has 0 heterocycles. The summed E-state index contributed by atoms with van der Waals surface area (Å²) in [6.45, 7) is 4.24. The lowest BCUT2D eigenvalue weighted by molar-refractivity contribution is 0.201. The minimum absolute atomic E-state index is 0.0276. The molecule has 0 radical (unpaired) electrons. The topological polar surface area (TPSA) is 61.4 Å². The van der Waals surface area contributed by atoms with Crippen molar-refractivity contribution in [2.75, 3.05) is 13.2 Å². The molecule has 2 amide bonds. The monoisotopic (exact) mass is 282 g/mol. The Labute approximate surface area is 119 Å². The first-order valence-electron chi connectivity index (χ1n) is 6.91. The predicted octanol–water partition coefficient (Wildman–Crippen LogP) is 2.22. The normalized spacial score (nSPS) is 13.6. The fraction of sp³-hybridized carbons (Fsp3) is 0.533. The second kappa shape index (κ2) is 7.85. The zero-order valence-electron chi connectivity index (χ0n) is 12.1. The molecule has 1 atom stereocenters. The van der Waals surface area contributed by atoms with Gasteiger partial charge in [0.15, 0.2) is 0 Å². The van der Waals surface area contributed by atoms with Crippen molar-refractivity contribution in [3.8, 4) is 0 Å². The summed E-state index contributed by atoms with van der Waals surface area (Å²) in [5, 5.41) is 14.5. The molecule has 1 aromatic carbocycles. The van der Waals surface area contributed by atoms with E-state index in [9.17, 15) is 9.18 Å². The van der Waals surface area contributed by atoms with Crippen molar-refractivity contribution in [3.63, 3.8) is 0 Å². The molecular formula is C15H23FN2O2. The largest absolute Gasteiger partial charge is 0.396 e. The SMILES string of the molecule is CCC(C)(CCO)NC(=O)NCCc1ccccc1F. The van der Waals surface area contributed by atoms with Crippen LogP contribution >= 0.6 is 0 Å². The molecule has 20 heavy (non-hydrogen) atoms. The van der Waals surface area contributed by atoms with Gasteiger partial charge in [-0.25, -0.2) is 9.18 Å². The van der Waals surface area contributed by atoms with E-state index in [0.29, 0.717) is 24.9 Å². The van der Waals surface area contributed by atoms with Crippen LogP contribution in [0.3, 0.4) is 0 Å². The molecule has 112 valence electrons. The highest BCUT2D eigenvalue weighted by Crippen LogP contribution is 2.13. The molecule has 0 aromatic heterocycles. The van der Waals surface area contributed by atoms with E-state index in [1.54, 1.807) is 18.2 Å². The number of benzene rings is 1. The van der Waals surface area contributed by atoms with Gasteiger partial charge in [0.05, 0.1) is 0 Å². The molecule has 4 nitrogen and oxygen atoms in total. The van der Waals surface area contributed by atoms with Gasteiger partial charge in [-0.2, -0.15) is 0 Å². The van der Waals surface area contributed by atoms with Crippen molar-refractivity contribution in [1.29, 1.82) is 0 Å². The number of aliphatic hydroxyl groups is 1. The zero-order chi connectivity index (χ0) is 15.0. The van der Waals surface area contributed by atoms with Gasteiger partial charge in [0, 0.05) is 18.7 Å². The van der Waals surface area contributed by atoms with Crippen LogP contribution in [0.5, 0.6) is 0 Å². The van der Waals surface area contributed by atoms with Gasteiger partial charge >= 0.3 is 6.03 Å². The lowest BCUT2D eigenvalue weighted by Crippen LogP contribution is -2.50. The Morgan fingerprint density at radius 1 is 1.40 bits per heavy atom. The Morgan fingerprint density at radius 2 is 2.10 bits per heavy atom. The van der Waals surface area contributed by atoms with Gasteiger partial charge in [-0.05, 0) is 37.8 Å². The third-order valence-electron chi connectivity index (χ3n) is 3.50. The molecule has 1 rings (SSSR count). The van der Waals surface area contributed by atoms with Crippen LogP contribution in [0.25, 0.3) is 0 Å². The van der Waals surface area contributed by atoms with Crippen molar-refractivity contribution in [1.82, 2.24) is 10.6 Å². The number of hydrogen-bond acceptors (Lipinski definition) is 2. The number of hydrogen-bond donors (Lipinski definition) is 3. The molecule has 0 aliphatic carbocycles. The van der Waals surface area contributed by atoms with Crippen molar-refractivity contribution in [3.05, 3.63) is 35.6 Å². The fourth-order valence-electron chi connectivity index (χ4n) is 1.90. The third kappa shape index (κ3) is 5.17. The molecule has 1 aromatic rings. The summed E-state index contributed by atoms with van der Waals surface area (Å²) in [6, 6.07) is 6.23. The molecule has 1 unspecified atom stereocenters. The number of carbonyl (C=O) groups excluding carboxylic acids is 1. The molecule has 0 aliphatic heterocycles. The van der Waals surface area contributed by atoms with Crippen molar-refractivity contribution in [2.24, 2.45) is 0 Å². The highest BCUT2D eigenvalue weighted by molar-refractivity contribution is 5.74. The Balaban J connectivity index is 2.38. The van der Waals surface area contributed by atoms with Gasteiger partial charge in [0.1, 0.15) is 5.82 Å². The van der Waals surface area contributed by atoms with Crippen LogP contribution in [-0.4, -0.2) is 29.8 Å². The lowest BCUT2D eigenvalue weighted by Gasteiger charge is -2.29. The molecular weight excluding hydrogens is 259 g/mol. The van der Waals surface area contributed by atoms with E-state index in [1.807, 2.05) is 13.8 Å². The molecule has 0 bridgehead atoms. The molecule has 5 heteroatoms. The van der Waals surface area contributed by atoms with E-state index in [1.165, 1.54) is 6.07 Å². The molecule has 0 aliphatic rings. The number of amides is 2. The summed E-state index contributed by atoms with van der Waals surface area (Å²) in [4.78, 5) is 11.8. The number of aliphatic hydroxyl groups excluding tert-OH is 1.